The van der Waals surface area contributed by atoms with Crippen LogP contribution in [-0.4, -0.2) is 31.7 Å². The topological polar surface area (TPSA) is 66.5 Å². The first-order valence-corrected chi connectivity index (χ1v) is 9.58. The quantitative estimate of drug-likeness (QED) is 0.796. The van der Waals surface area contributed by atoms with Gasteiger partial charge in [-0.1, -0.05) is 25.4 Å². The van der Waals surface area contributed by atoms with Crippen molar-refractivity contribution >= 4 is 33.2 Å². The number of halogens is 3. The molecule has 140 valence electrons. The molecule has 2 rings (SSSR count). The number of hydrogen-bond donors (Lipinski definition) is 1. The molecule has 0 bridgehead atoms. The second kappa shape index (κ2) is 8.11. The molecule has 0 spiro atoms. The fraction of sp³-hybridized carbons (Fsp3) is 0.235. The fourth-order valence-electron chi connectivity index (χ4n) is 2.33. The molecule has 0 saturated heterocycles. The molecule has 0 saturated carbocycles. The standard InChI is InChI=1S/C17H17ClF2N2O3S/c1-3-22(4-2)26(24,25)12-6-7-15(20)13(10-12)17(23)21-16-8-5-11(19)9-14(16)18/h5-10H,3-4H2,1-2H3,(H,21,23). The monoisotopic (exact) mass is 402 g/mol. The predicted octanol–water partition coefficient (Wildman–Crippen LogP) is 3.90. The average Bonchev–Trinajstić information content (AvgIpc) is 2.58. The molecular weight excluding hydrogens is 386 g/mol. The van der Waals surface area contributed by atoms with Gasteiger partial charge in [-0.25, -0.2) is 17.2 Å². The first kappa shape index (κ1) is 20.3. The Balaban J connectivity index is 2.39. The lowest BCUT2D eigenvalue weighted by atomic mass is 10.2. The lowest BCUT2D eigenvalue weighted by molar-refractivity contribution is 0.102. The van der Waals surface area contributed by atoms with Gasteiger partial charge < -0.3 is 5.32 Å². The Hall–Kier alpha value is -2.03. The van der Waals surface area contributed by atoms with Crippen LogP contribution < -0.4 is 5.32 Å². The van der Waals surface area contributed by atoms with Crippen LogP contribution in [0.1, 0.15) is 24.2 Å². The molecule has 2 aromatic carbocycles. The number of benzene rings is 2. The van der Waals surface area contributed by atoms with Gasteiger partial charge in [0.05, 0.1) is 21.2 Å². The van der Waals surface area contributed by atoms with Gasteiger partial charge in [0.25, 0.3) is 5.91 Å². The van der Waals surface area contributed by atoms with E-state index in [2.05, 4.69) is 5.32 Å². The third-order valence-corrected chi connectivity index (χ3v) is 6.06. The van der Waals surface area contributed by atoms with E-state index >= 15 is 0 Å². The Bertz CT molecular complexity index is 932. The predicted molar refractivity (Wildman–Crippen MR) is 95.9 cm³/mol. The summed E-state index contributed by atoms with van der Waals surface area (Å²) in [5, 5.41) is 2.28. The summed E-state index contributed by atoms with van der Waals surface area (Å²) in [5.41, 5.74) is -0.381. The normalized spacial score (nSPS) is 11.6. The maximum atomic E-state index is 14.1. The Kier molecular flexibility index (Phi) is 6.33. The number of nitrogens with one attached hydrogen (secondary N) is 1. The summed E-state index contributed by atoms with van der Waals surface area (Å²) >= 11 is 5.83. The first-order valence-electron chi connectivity index (χ1n) is 7.76. The van der Waals surface area contributed by atoms with Gasteiger partial charge in [0.15, 0.2) is 0 Å². The number of nitrogens with zero attached hydrogens (tertiary/aromatic N) is 1. The molecule has 1 N–H and O–H groups in total. The van der Waals surface area contributed by atoms with Gasteiger partial charge in [0.2, 0.25) is 10.0 Å². The van der Waals surface area contributed by atoms with E-state index in [-0.39, 0.29) is 28.7 Å². The second-order valence-corrected chi connectivity index (χ2v) is 7.65. The molecule has 0 atom stereocenters. The first-order chi connectivity index (χ1) is 12.2. The fourth-order valence-corrected chi connectivity index (χ4v) is 4.03. The molecule has 5 nitrogen and oxygen atoms in total. The van der Waals surface area contributed by atoms with Crippen molar-refractivity contribution in [2.45, 2.75) is 18.7 Å². The van der Waals surface area contributed by atoms with Crippen LogP contribution in [0, 0.1) is 11.6 Å². The molecule has 0 aliphatic rings. The minimum absolute atomic E-state index is 0.0642. The van der Waals surface area contributed by atoms with E-state index < -0.39 is 33.1 Å². The van der Waals surface area contributed by atoms with E-state index in [1.165, 1.54) is 10.4 Å². The Morgan fingerprint density at radius 1 is 1.12 bits per heavy atom. The maximum Gasteiger partial charge on any atom is 0.258 e. The lowest BCUT2D eigenvalue weighted by Crippen LogP contribution is -2.31. The van der Waals surface area contributed by atoms with Gasteiger partial charge >= 0.3 is 0 Å². The Morgan fingerprint density at radius 3 is 2.35 bits per heavy atom. The number of anilines is 1. The number of rotatable bonds is 6. The van der Waals surface area contributed by atoms with Crippen molar-refractivity contribution in [3.8, 4) is 0 Å². The highest BCUT2D eigenvalue weighted by Gasteiger charge is 2.24. The highest BCUT2D eigenvalue weighted by molar-refractivity contribution is 7.89. The number of amides is 1. The van der Waals surface area contributed by atoms with Crippen LogP contribution in [-0.2, 0) is 10.0 Å². The van der Waals surface area contributed by atoms with Crippen LogP contribution >= 0.6 is 11.6 Å². The molecule has 0 fully saturated rings. The van der Waals surface area contributed by atoms with E-state index in [0.29, 0.717) is 0 Å². The SMILES string of the molecule is CCN(CC)S(=O)(=O)c1ccc(F)c(C(=O)Nc2ccc(F)cc2Cl)c1. The van der Waals surface area contributed by atoms with Crippen LogP contribution in [0.5, 0.6) is 0 Å². The van der Waals surface area contributed by atoms with Crippen molar-refractivity contribution in [2.75, 3.05) is 18.4 Å². The summed E-state index contributed by atoms with van der Waals surface area (Å²) < 4.78 is 53.4. The summed E-state index contributed by atoms with van der Waals surface area (Å²) in [4.78, 5) is 12.2. The van der Waals surface area contributed by atoms with Crippen molar-refractivity contribution in [1.82, 2.24) is 4.31 Å². The van der Waals surface area contributed by atoms with Gasteiger partial charge in [-0.05, 0) is 36.4 Å². The molecule has 0 unspecified atom stereocenters. The summed E-state index contributed by atoms with van der Waals surface area (Å²) in [6, 6.07) is 6.29. The summed E-state index contributed by atoms with van der Waals surface area (Å²) in [7, 11) is -3.85. The third kappa shape index (κ3) is 4.20. The molecule has 0 aromatic heterocycles. The van der Waals surface area contributed by atoms with Crippen molar-refractivity contribution in [3.63, 3.8) is 0 Å². The number of sulfonamides is 1. The highest BCUT2D eigenvalue weighted by Crippen LogP contribution is 2.24. The smallest absolute Gasteiger partial charge is 0.258 e. The van der Waals surface area contributed by atoms with Crippen molar-refractivity contribution in [3.05, 3.63) is 58.6 Å². The van der Waals surface area contributed by atoms with Gasteiger partial charge in [0, 0.05) is 13.1 Å². The minimum atomic E-state index is -3.85. The molecule has 0 aliphatic heterocycles. The van der Waals surface area contributed by atoms with Gasteiger partial charge in [-0.3, -0.25) is 4.79 Å². The van der Waals surface area contributed by atoms with E-state index in [1.54, 1.807) is 13.8 Å². The van der Waals surface area contributed by atoms with Crippen LogP contribution in [0.4, 0.5) is 14.5 Å². The van der Waals surface area contributed by atoms with Gasteiger partial charge in [0.1, 0.15) is 11.6 Å². The van der Waals surface area contributed by atoms with E-state index in [9.17, 15) is 22.0 Å². The lowest BCUT2D eigenvalue weighted by Gasteiger charge is -2.19. The maximum absolute atomic E-state index is 14.1. The molecule has 9 heteroatoms. The van der Waals surface area contributed by atoms with Gasteiger partial charge in [-0.2, -0.15) is 4.31 Å². The largest absolute Gasteiger partial charge is 0.321 e. The van der Waals surface area contributed by atoms with Crippen molar-refractivity contribution in [2.24, 2.45) is 0 Å². The van der Waals surface area contributed by atoms with Crippen LogP contribution in [0.15, 0.2) is 41.3 Å². The van der Waals surface area contributed by atoms with Gasteiger partial charge in [-0.15, -0.1) is 0 Å². The molecule has 0 heterocycles. The zero-order chi connectivity index (χ0) is 19.5. The third-order valence-electron chi connectivity index (χ3n) is 3.70. The minimum Gasteiger partial charge on any atom is -0.321 e. The summed E-state index contributed by atoms with van der Waals surface area (Å²) in [6.07, 6.45) is 0. The van der Waals surface area contributed by atoms with Crippen molar-refractivity contribution in [1.29, 1.82) is 0 Å². The van der Waals surface area contributed by atoms with E-state index in [4.69, 9.17) is 11.6 Å². The Morgan fingerprint density at radius 2 is 1.77 bits per heavy atom. The van der Waals surface area contributed by atoms with E-state index in [0.717, 1.165) is 30.3 Å². The number of hydrogen-bond acceptors (Lipinski definition) is 3. The second-order valence-electron chi connectivity index (χ2n) is 5.31. The van der Waals surface area contributed by atoms with E-state index in [1.807, 2.05) is 0 Å². The Labute approximate surface area is 155 Å². The van der Waals surface area contributed by atoms with Crippen LogP contribution in [0.2, 0.25) is 5.02 Å². The highest BCUT2D eigenvalue weighted by atomic mass is 35.5. The van der Waals surface area contributed by atoms with Crippen LogP contribution in [0.3, 0.4) is 0 Å². The van der Waals surface area contributed by atoms with Crippen LogP contribution in [0.25, 0.3) is 0 Å². The zero-order valence-corrected chi connectivity index (χ0v) is 15.7. The summed E-state index contributed by atoms with van der Waals surface area (Å²) in [6.45, 7) is 3.83. The molecule has 1 amide bonds. The molecular formula is C17H17ClF2N2O3S. The molecule has 0 aliphatic carbocycles. The number of carbonyl (C=O) groups excluding carboxylic acids is 1. The number of carbonyl (C=O) groups is 1. The average molecular weight is 403 g/mol. The molecule has 2 aromatic rings. The molecule has 0 radical (unpaired) electrons. The van der Waals surface area contributed by atoms with Crippen molar-refractivity contribution < 1.29 is 22.0 Å². The summed E-state index contributed by atoms with van der Waals surface area (Å²) in [5.74, 6) is -2.38. The molecule has 26 heavy (non-hydrogen) atoms. The zero-order valence-electron chi connectivity index (χ0n) is 14.1.